The van der Waals surface area contributed by atoms with Crippen LogP contribution in [-0.2, 0) is 6.42 Å². The zero-order chi connectivity index (χ0) is 14.7. The molecule has 1 heterocycles. The first-order valence-electron chi connectivity index (χ1n) is 5.69. The quantitative estimate of drug-likeness (QED) is 0.661. The van der Waals surface area contributed by atoms with Gasteiger partial charge in [-0.1, -0.05) is 5.21 Å². The van der Waals surface area contributed by atoms with Crippen molar-refractivity contribution >= 4 is 5.69 Å². The molecule has 0 aliphatic carbocycles. The van der Waals surface area contributed by atoms with E-state index in [9.17, 15) is 18.9 Å². The molecule has 1 N–H and O–H groups in total. The van der Waals surface area contributed by atoms with Crippen LogP contribution in [0.2, 0.25) is 0 Å². The lowest BCUT2D eigenvalue weighted by molar-refractivity contribution is -0.384. The van der Waals surface area contributed by atoms with Crippen molar-refractivity contribution in [2.75, 3.05) is 6.61 Å². The number of nitro groups is 1. The minimum Gasteiger partial charge on any atom is -0.396 e. The van der Waals surface area contributed by atoms with Crippen LogP contribution in [0.5, 0.6) is 0 Å². The third kappa shape index (κ3) is 2.62. The number of benzene rings is 1. The van der Waals surface area contributed by atoms with Crippen LogP contribution in [0.3, 0.4) is 0 Å². The average molecular weight is 284 g/mol. The fraction of sp³-hybridized carbons (Fsp3) is 0.273. The molecule has 1 aromatic heterocycles. The van der Waals surface area contributed by atoms with Gasteiger partial charge in [0, 0.05) is 12.7 Å². The van der Waals surface area contributed by atoms with Crippen LogP contribution in [0, 0.1) is 21.7 Å². The minimum absolute atomic E-state index is 0.0542. The van der Waals surface area contributed by atoms with Gasteiger partial charge in [0.05, 0.1) is 16.8 Å². The largest absolute Gasteiger partial charge is 0.396 e. The molecule has 0 aliphatic rings. The summed E-state index contributed by atoms with van der Waals surface area (Å²) in [6, 6.07) is 1.55. The van der Waals surface area contributed by atoms with Gasteiger partial charge in [-0.2, -0.15) is 0 Å². The normalized spacial score (nSPS) is 10.8. The Bertz CT molecular complexity index is 645. The Morgan fingerprint density at radius 2 is 2.15 bits per heavy atom. The molecule has 0 radical (unpaired) electrons. The van der Waals surface area contributed by atoms with E-state index in [0.29, 0.717) is 24.6 Å². The lowest BCUT2D eigenvalue weighted by Gasteiger charge is -2.04. The lowest BCUT2D eigenvalue weighted by Crippen LogP contribution is -2.05. The molecule has 0 amide bonds. The summed E-state index contributed by atoms with van der Waals surface area (Å²) in [5, 5.41) is 26.8. The topological polar surface area (TPSA) is 94.1 Å². The maximum absolute atomic E-state index is 13.8. The van der Waals surface area contributed by atoms with Gasteiger partial charge in [-0.15, -0.1) is 5.10 Å². The maximum Gasteiger partial charge on any atom is 0.298 e. The molecule has 0 fully saturated rings. The fourth-order valence-electron chi connectivity index (χ4n) is 1.68. The highest BCUT2D eigenvalue weighted by atomic mass is 19.2. The van der Waals surface area contributed by atoms with Crippen LogP contribution in [-0.4, -0.2) is 31.6 Å². The van der Waals surface area contributed by atoms with Crippen LogP contribution >= 0.6 is 0 Å². The highest BCUT2D eigenvalue weighted by Crippen LogP contribution is 2.27. The Morgan fingerprint density at radius 3 is 2.80 bits per heavy atom. The second-order valence-corrected chi connectivity index (χ2v) is 3.97. The highest BCUT2D eigenvalue weighted by molar-refractivity contribution is 5.53. The van der Waals surface area contributed by atoms with Crippen molar-refractivity contribution in [3.63, 3.8) is 0 Å². The first-order chi connectivity index (χ1) is 9.54. The van der Waals surface area contributed by atoms with Crippen molar-refractivity contribution in [1.82, 2.24) is 15.0 Å². The van der Waals surface area contributed by atoms with Crippen LogP contribution in [0.4, 0.5) is 14.5 Å². The highest BCUT2D eigenvalue weighted by Gasteiger charge is 2.24. The summed E-state index contributed by atoms with van der Waals surface area (Å²) in [4.78, 5) is 10.0. The van der Waals surface area contributed by atoms with Crippen molar-refractivity contribution in [2.24, 2.45) is 0 Å². The van der Waals surface area contributed by atoms with Gasteiger partial charge in [0.1, 0.15) is 0 Å². The van der Waals surface area contributed by atoms with Crippen molar-refractivity contribution in [3.05, 3.63) is 45.8 Å². The van der Waals surface area contributed by atoms with E-state index in [4.69, 9.17) is 5.11 Å². The molecular formula is C11H10F2N4O3. The summed E-state index contributed by atoms with van der Waals surface area (Å²) in [7, 11) is 0. The Morgan fingerprint density at radius 1 is 1.40 bits per heavy atom. The maximum atomic E-state index is 13.8. The van der Waals surface area contributed by atoms with E-state index in [-0.39, 0.29) is 6.61 Å². The second kappa shape index (κ2) is 5.70. The summed E-state index contributed by atoms with van der Waals surface area (Å²) in [6.07, 6.45) is 2.06. The third-order valence-electron chi connectivity index (χ3n) is 2.61. The van der Waals surface area contributed by atoms with E-state index in [2.05, 4.69) is 10.3 Å². The Balaban J connectivity index is 2.48. The van der Waals surface area contributed by atoms with Gasteiger partial charge in [0.15, 0.2) is 17.3 Å². The molecule has 1 aromatic carbocycles. The number of aromatic nitrogens is 3. The zero-order valence-corrected chi connectivity index (χ0v) is 10.2. The van der Waals surface area contributed by atoms with E-state index >= 15 is 0 Å². The first-order valence-corrected chi connectivity index (χ1v) is 5.69. The van der Waals surface area contributed by atoms with Crippen LogP contribution in [0.25, 0.3) is 5.69 Å². The van der Waals surface area contributed by atoms with Gasteiger partial charge >= 0.3 is 0 Å². The number of hydrogen-bond acceptors (Lipinski definition) is 5. The van der Waals surface area contributed by atoms with Crippen molar-refractivity contribution in [2.45, 2.75) is 12.8 Å². The molecule has 0 aliphatic heterocycles. The zero-order valence-electron chi connectivity index (χ0n) is 10.2. The van der Waals surface area contributed by atoms with Gasteiger partial charge in [-0.05, 0) is 18.9 Å². The summed E-state index contributed by atoms with van der Waals surface area (Å²) in [5.41, 5.74) is -0.794. The molecule has 2 rings (SSSR count). The van der Waals surface area contributed by atoms with Gasteiger partial charge in [0.25, 0.3) is 5.69 Å². The van der Waals surface area contributed by atoms with Gasteiger partial charge in [-0.3, -0.25) is 10.1 Å². The molecule has 0 saturated heterocycles. The predicted octanol–water partition coefficient (Wildman–Crippen LogP) is 1.38. The molecule has 0 spiro atoms. The van der Waals surface area contributed by atoms with Crippen molar-refractivity contribution in [1.29, 1.82) is 0 Å². The molecule has 9 heteroatoms. The van der Waals surface area contributed by atoms with E-state index in [1.807, 2.05) is 0 Å². The number of nitro benzene ring substituents is 1. The van der Waals surface area contributed by atoms with E-state index in [1.54, 1.807) is 0 Å². The SMILES string of the molecule is O=[N+]([O-])c1ccc(F)c(F)c1-n1cc(CCCO)nn1. The van der Waals surface area contributed by atoms with E-state index in [1.165, 1.54) is 6.20 Å². The number of aliphatic hydroxyl groups excluding tert-OH is 1. The number of aliphatic hydroxyl groups is 1. The van der Waals surface area contributed by atoms with Gasteiger partial charge < -0.3 is 5.11 Å². The minimum atomic E-state index is -1.36. The Hall–Kier alpha value is -2.42. The number of hydrogen-bond donors (Lipinski definition) is 1. The smallest absolute Gasteiger partial charge is 0.298 e. The van der Waals surface area contributed by atoms with Crippen LogP contribution in [0.15, 0.2) is 18.3 Å². The molecule has 7 nitrogen and oxygen atoms in total. The van der Waals surface area contributed by atoms with Crippen molar-refractivity contribution in [3.8, 4) is 5.69 Å². The van der Waals surface area contributed by atoms with E-state index < -0.39 is 27.9 Å². The summed E-state index contributed by atoms with van der Waals surface area (Å²) >= 11 is 0. The lowest BCUT2D eigenvalue weighted by atomic mass is 10.2. The Kier molecular flexibility index (Phi) is 3.99. The molecule has 106 valence electrons. The first kappa shape index (κ1) is 14.0. The Labute approximate surface area is 111 Å². The third-order valence-corrected chi connectivity index (χ3v) is 2.61. The summed E-state index contributed by atoms with van der Waals surface area (Å²) in [5.74, 6) is -2.57. The predicted molar refractivity (Wildman–Crippen MR) is 63.3 cm³/mol. The number of rotatable bonds is 5. The van der Waals surface area contributed by atoms with Crippen LogP contribution < -0.4 is 0 Å². The van der Waals surface area contributed by atoms with Gasteiger partial charge in [0.2, 0.25) is 0 Å². The molecule has 20 heavy (non-hydrogen) atoms. The molecular weight excluding hydrogens is 274 g/mol. The molecule has 0 bridgehead atoms. The van der Waals surface area contributed by atoms with E-state index in [0.717, 1.165) is 10.7 Å². The summed E-state index contributed by atoms with van der Waals surface area (Å²) in [6.45, 7) is -0.0542. The number of aryl methyl sites for hydroxylation is 1. The second-order valence-electron chi connectivity index (χ2n) is 3.97. The monoisotopic (exact) mass is 284 g/mol. The van der Waals surface area contributed by atoms with Gasteiger partial charge in [-0.25, -0.2) is 13.5 Å². The number of nitrogens with zero attached hydrogens (tertiary/aromatic N) is 4. The molecule has 0 unspecified atom stereocenters. The fourth-order valence-corrected chi connectivity index (χ4v) is 1.68. The molecule has 2 aromatic rings. The molecule has 0 saturated carbocycles. The van der Waals surface area contributed by atoms with Crippen LogP contribution in [0.1, 0.15) is 12.1 Å². The molecule has 0 atom stereocenters. The average Bonchev–Trinajstić information content (AvgIpc) is 2.87. The standard InChI is InChI=1S/C11H10F2N4O3/c12-8-3-4-9(17(19)20)11(10(8)13)16-6-7(14-15-16)2-1-5-18/h3-4,6,18H,1-2,5H2. The summed E-state index contributed by atoms with van der Waals surface area (Å²) < 4.78 is 27.8. The number of halogens is 2. The van der Waals surface area contributed by atoms with Crippen molar-refractivity contribution < 1.29 is 18.8 Å².